The second-order valence-corrected chi connectivity index (χ2v) is 4.49. The lowest BCUT2D eigenvalue weighted by molar-refractivity contribution is -0.139. The van der Waals surface area contributed by atoms with Crippen LogP contribution in [-0.2, 0) is 6.18 Å². The zero-order valence-corrected chi connectivity index (χ0v) is 10.1. The van der Waals surface area contributed by atoms with E-state index in [0.717, 1.165) is 17.8 Å². The summed E-state index contributed by atoms with van der Waals surface area (Å²) in [6, 6.07) is 2.31. The molecule has 0 unspecified atom stereocenters. The van der Waals surface area contributed by atoms with Crippen molar-refractivity contribution in [3.05, 3.63) is 27.2 Å². The Labute approximate surface area is 97.0 Å². The van der Waals surface area contributed by atoms with Gasteiger partial charge in [-0.15, -0.1) is 11.8 Å². The lowest BCUT2D eigenvalue weighted by Crippen LogP contribution is -2.07. The van der Waals surface area contributed by atoms with E-state index in [4.69, 9.17) is 11.6 Å². The minimum absolute atomic E-state index is 0.0496. The third kappa shape index (κ3) is 2.38. The molecule has 0 aliphatic rings. The quantitative estimate of drug-likeness (QED) is 0.669. The normalized spacial score (nSPS) is 11.9. The van der Waals surface area contributed by atoms with E-state index >= 15 is 0 Å². The predicted molar refractivity (Wildman–Crippen MR) is 55.9 cm³/mol. The number of hydrogen-bond acceptors (Lipinski definition) is 1. The summed E-state index contributed by atoms with van der Waals surface area (Å²) < 4.78 is 37.8. The van der Waals surface area contributed by atoms with Gasteiger partial charge in [0, 0.05) is 9.37 Å². The van der Waals surface area contributed by atoms with Crippen molar-refractivity contribution < 1.29 is 13.2 Å². The highest BCUT2D eigenvalue weighted by molar-refractivity contribution is 9.10. The first kappa shape index (κ1) is 12.2. The van der Waals surface area contributed by atoms with E-state index in [1.807, 2.05) is 0 Å². The highest BCUT2D eigenvalue weighted by Crippen LogP contribution is 2.42. The van der Waals surface area contributed by atoms with Gasteiger partial charge in [-0.3, -0.25) is 0 Å². The van der Waals surface area contributed by atoms with Gasteiger partial charge < -0.3 is 0 Å². The highest BCUT2D eigenvalue weighted by Gasteiger charge is 2.34. The van der Waals surface area contributed by atoms with E-state index in [1.165, 1.54) is 6.07 Å². The second kappa shape index (κ2) is 4.33. The average Bonchev–Trinajstić information content (AvgIpc) is 2.07. The Kier molecular flexibility index (Phi) is 3.77. The van der Waals surface area contributed by atoms with E-state index in [9.17, 15) is 13.2 Å². The number of alkyl halides is 3. The van der Waals surface area contributed by atoms with Crippen LogP contribution in [0.5, 0.6) is 0 Å². The average molecular weight is 306 g/mol. The molecule has 14 heavy (non-hydrogen) atoms. The molecule has 0 spiro atoms. The zero-order valence-electron chi connectivity index (χ0n) is 6.95. The molecule has 6 heteroatoms. The van der Waals surface area contributed by atoms with Crippen LogP contribution in [0.1, 0.15) is 5.56 Å². The predicted octanol–water partition coefficient (Wildman–Crippen LogP) is 4.84. The summed E-state index contributed by atoms with van der Waals surface area (Å²) >= 11 is 9.79. The minimum Gasteiger partial charge on any atom is -0.166 e. The van der Waals surface area contributed by atoms with Gasteiger partial charge in [-0.1, -0.05) is 11.6 Å². The first-order valence-electron chi connectivity index (χ1n) is 3.47. The Balaban J connectivity index is 3.39. The Morgan fingerprint density at radius 3 is 2.36 bits per heavy atom. The maximum atomic E-state index is 12.5. The summed E-state index contributed by atoms with van der Waals surface area (Å²) in [6.45, 7) is 0. The van der Waals surface area contributed by atoms with E-state index in [1.54, 1.807) is 6.26 Å². The fraction of sp³-hybridized carbons (Fsp3) is 0.250. The fourth-order valence-corrected chi connectivity index (χ4v) is 2.51. The van der Waals surface area contributed by atoms with Crippen molar-refractivity contribution in [1.29, 1.82) is 0 Å². The third-order valence-corrected chi connectivity index (χ3v) is 3.79. The van der Waals surface area contributed by atoms with E-state index in [2.05, 4.69) is 15.9 Å². The van der Waals surface area contributed by atoms with Crippen LogP contribution in [-0.4, -0.2) is 6.26 Å². The van der Waals surface area contributed by atoms with Gasteiger partial charge in [0.05, 0.1) is 10.6 Å². The number of thioether (sulfide) groups is 1. The molecule has 0 aliphatic carbocycles. The van der Waals surface area contributed by atoms with Gasteiger partial charge in [0.1, 0.15) is 0 Å². The van der Waals surface area contributed by atoms with Crippen molar-refractivity contribution in [1.82, 2.24) is 0 Å². The van der Waals surface area contributed by atoms with Crippen LogP contribution in [0, 0.1) is 0 Å². The summed E-state index contributed by atoms with van der Waals surface area (Å²) in [7, 11) is 0. The molecule has 0 aliphatic heterocycles. The monoisotopic (exact) mass is 304 g/mol. The van der Waals surface area contributed by atoms with E-state index in [0.29, 0.717) is 4.47 Å². The van der Waals surface area contributed by atoms with Crippen LogP contribution in [0.3, 0.4) is 0 Å². The molecule has 78 valence electrons. The summed E-state index contributed by atoms with van der Waals surface area (Å²) in [5, 5.41) is 0.104. The molecule has 0 radical (unpaired) electrons. The number of rotatable bonds is 1. The largest absolute Gasteiger partial charge is 0.417 e. The van der Waals surface area contributed by atoms with Crippen LogP contribution >= 0.6 is 39.3 Å². The zero-order chi connectivity index (χ0) is 10.9. The molecule has 0 saturated heterocycles. The maximum Gasteiger partial charge on any atom is 0.417 e. The molecule has 0 fully saturated rings. The fourth-order valence-electron chi connectivity index (χ4n) is 0.955. The van der Waals surface area contributed by atoms with Crippen LogP contribution in [0.4, 0.5) is 13.2 Å². The molecular formula is C8H5BrClF3S. The Bertz CT molecular complexity index is 351. The number of benzene rings is 1. The molecule has 0 atom stereocenters. The molecule has 0 bridgehead atoms. The Morgan fingerprint density at radius 1 is 1.36 bits per heavy atom. The molecule has 0 heterocycles. The standard InChI is InChI=1S/C8H5BrClF3S/c1-14-7-4(8(11,12)13)2-3-5(9)6(7)10/h2-3H,1H3. The molecule has 0 nitrogen and oxygen atoms in total. The van der Waals surface area contributed by atoms with Gasteiger partial charge in [0.25, 0.3) is 0 Å². The van der Waals surface area contributed by atoms with Crippen molar-refractivity contribution in [3.8, 4) is 0 Å². The summed E-state index contributed by atoms with van der Waals surface area (Å²) in [5.74, 6) is 0. The molecule has 0 aromatic heterocycles. The molecule has 0 N–H and O–H groups in total. The lowest BCUT2D eigenvalue weighted by Gasteiger charge is -2.13. The van der Waals surface area contributed by atoms with Gasteiger partial charge in [0.15, 0.2) is 0 Å². The van der Waals surface area contributed by atoms with Gasteiger partial charge in [-0.2, -0.15) is 13.2 Å². The molecular weight excluding hydrogens is 301 g/mol. The Morgan fingerprint density at radius 2 is 1.93 bits per heavy atom. The smallest absolute Gasteiger partial charge is 0.166 e. The third-order valence-electron chi connectivity index (χ3n) is 1.56. The second-order valence-electron chi connectivity index (χ2n) is 2.44. The lowest BCUT2D eigenvalue weighted by atomic mass is 10.2. The van der Waals surface area contributed by atoms with Crippen LogP contribution in [0.2, 0.25) is 5.02 Å². The van der Waals surface area contributed by atoms with Crippen molar-refractivity contribution in [2.45, 2.75) is 11.1 Å². The van der Waals surface area contributed by atoms with Gasteiger partial charge in [-0.05, 0) is 34.3 Å². The SMILES string of the molecule is CSc1c(C(F)(F)F)ccc(Br)c1Cl. The van der Waals surface area contributed by atoms with Gasteiger partial charge in [-0.25, -0.2) is 0 Å². The molecule has 1 aromatic carbocycles. The molecule has 0 saturated carbocycles. The summed E-state index contributed by atoms with van der Waals surface area (Å²) in [5.41, 5.74) is -0.696. The van der Waals surface area contributed by atoms with Crippen LogP contribution < -0.4 is 0 Å². The van der Waals surface area contributed by atoms with Crippen LogP contribution in [0.25, 0.3) is 0 Å². The topological polar surface area (TPSA) is 0 Å². The van der Waals surface area contributed by atoms with Crippen molar-refractivity contribution in [3.63, 3.8) is 0 Å². The number of hydrogen-bond donors (Lipinski definition) is 0. The van der Waals surface area contributed by atoms with Crippen molar-refractivity contribution >= 4 is 39.3 Å². The van der Waals surface area contributed by atoms with E-state index < -0.39 is 11.7 Å². The first-order valence-corrected chi connectivity index (χ1v) is 5.86. The minimum atomic E-state index is -4.36. The van der Waals surface area contributed by atoms with Gasteiger partial charge in [0.2, 0.25) is 0 Å². The van der Waals surface area contributed by atoms with Gasteiger partial charge >= 0.3 is 6.18 Å². The van der Waals surface area contributed by atoms with Crippen molar-refractivity contribution in [2.75, 3.05) is 6.26 Å². The summed E-state index contributed by atoms with van der Waals surface area (Å²) in [6.07, 6.45) is -2.80. The highest BCUT2D eigenvalue weighted by atomic mass is 79.9. The number of halogens is 5. The first-order chi connectivity index (χ1) is 6.38. The van der Waals surface area contributed by atoms with Crippen molar-refractivity contribution in [2.24, 2.45) is 0 Å². The maximum absolute atomic E-state index is 12.5. The molecule has 0 amide bonds. The Hall–Kier alpha value is 0.130. The van der Waals surface area contributed by atoms with E-state index in [-0.39, 0.29) is 9.92 Å². The molecule has 1 rings (SSSR count). The summed E-state index contributed by atoms with van der Waals surface area (Å²) in [4.78, 5) is 0.0496. The van der Waals surface area contributed by atoms with Crippen LogP contribution in [0.15, 0.2) is 21.5 Å². The molecule has 1 aromatic rings.